The van der Waals surface area contributed by atoms with Gasteiger partial charge in [-0.3, -0.25) is 0 Å². The van der Waals surface area contributed by atoms with Gasteiger partial charge in [0.05, 0.1) is 12.7 Å². The van der Waals surface area contributed by atoms with Gasteiger partial charge in [-0.1, -0.05) is 6.07 Å². The van der Waals surface area contributed by atoms with Crippen LogP contribution in [0.25, 0.3) is 11.1 Å². The molecule has 0 saturated heterocycles. The van der Waals surface area contributed by atoms with Crippen molar-refractivity contribution in [3.8, 4) is 0 Å². The fourth-order valence-corrected chi connectivity index (χ4v) is 1.67. The van der Waals surface area contributed by atoms with E-state index in [4.69, 9.17) is 4.42 Å². The molecular weight excluding hydrogens is 297 g/mol. The summed E-state index contributed by atoms with van der Waals surface area (Å²) in [6, 6.07) is 5.15. The SMILES string of the molecule is COC(=O)c1cccc2oc(I)nc12. The van der Waals surface area contributed by atoms with Crippen molar-refractivity contribution in [2.75, 3.05) is 7.11 Å². The highest BCUT2D eigenvalue weighted by molar-refractivity contribution is 14.1. The average Bonchev–Trinajstić information content (AvgIpc) is 2.56. The number of aromatic nitrogens is 1. The van der Waals surface area contributed by atoms with E-state index in [0.29, 0.717) is 20.6 Å². The van der Waals surface area contributed by atoms with Crippen LogP contribution in [0.1, 0.15) is 10.4 Å². The first-order valence-corrected chi connectivity index (χ1v) is 4.93. The molecule has 0 aliphatic rings. The summed E-state index contributed by atoms with van der Waals surface area (Å²) in [6.07, 6.45) is 0. The molecule has 0 amide bonds. The molecule has 4 nitrogen and oxygen atoms in total. The predicted octanol–water partition coefficient (Wildman–Crippen LogP) is 2.22. The Labute approximate surface area is 93.4 Å². The minimum absolute atomic E-state index is 0.402. The molecule has 0 radical (unpaired) electrons. The highest BCUT2D eigenvalue weighted by atomic mass is 127. The van der Waals surface area contributed by atoms with Gasteiger partial charge in [0.15, 0.2) is 5.58 Å². The standard InChI is InChI=1S/C9H6INO3/c1-13-8(12)5-3-2-4-6-7(5)11-9(10)14-6/h2-4H,1H3. The maximum Gasteiger partial charge on any atom is 0.340 e. The predicted molar refractivity (Wildman–Crippen MR) is 58.1 cm³/mol. The van der Waals surface area contributed by atoms with Gasteiger partial charge in [0.2, 0.25) is 0 Å². The smallest absolute Gasteiger partial charge is 0.340 e. The van der Waals surface area contributed by atoms with E-state index in [0.717, 1.165) is 0 Å². The molecule has 0 unspecified atom stereocenters. The van der Waals surface area contributed by atoms with Crippen LogP contribution >= 0.6 is 22.6 Å². The second-order valence-electron chi connectivity index (χ2n) is 2.61. The van der Waals surface area contributed by atoms with Crippen LogP contribution in [-0.4, -0.2) is 18.1 Å². The monoisotopic (exact) mass is 303 g/mol. The van der Waals surface area contributed by atoms with Crippen molar-refractivity contribution in [3.05, 3.63) is 27.7 Å². The van der Waals surface area contributed by atoms with E-state index in [1.54, 1.807) is 18.2 Å². The number of hydrogen-bond donors (Lipinski definition) is 0. The Bertz CT molecular complexity index is 492. The Morgan fingerprint density at radius 2 is 2.36 bits per heavy atom. The van der Waals surface area contributed by atoms with E-state index in [9.17, 15) is 4.79 Å². The molecule has 0 fully saturated rings. The number of hydrogen-bond acceptors (Lipinski definition) is 4. The summed E-state index contributed by atoms with van der Waals surface area (Å²) in [4.78, 5) is 15.4. The quantitative estimate of drug-likeness (QED) is 0.599. The van der Waals surface area contributed by atoms with E-state index >= 15 is 0 Å². The summed E-state index contributed by atoms with van der Waals surface area (Å²) in [5.74, 6) is -0.402. The maximum atomic E-state index is 11.3. The zero-order chi connectivity index (χ0) is 10.1. The molecule has 0 bridgehead atoms. The van der Waals surface area contributed by atoms with Gasteiger partial charge < -0.3 is 9.15 Å². The number of rotatable bonds is 1. The molecule has 2 aromatic rings. The van der Waals surface area contributed by atoms with Gasteiger partial charge in [-0.05, 0) is 12.1 Å². The number of methoxy groups -OCH3 is 1. The molecule has 0 atom stereocenters. The number of ether oxygens (including phenoxy) is 1. The third kappa shape index (κ3) is 1.47. The Kier molecular flexibility index (Phi) is 2.40. The van der Waals surface area contributed by atoms with Gasteiger partial charge in [0.1, 0.15) is 5.52 Å². The number of halogens is 1. The van der Waals surface area contributed by atoms with Crippen LogP contribution in [0, 0.1) is 3.90 Å². The molecule has 1 aromatic carbocycles. The van der Waals surface area contributed by atoms with Crippen molar-refractivity contribution in [3.63, 3.8) is 0 Å². The van der Waals surface area contributed by atoms with Crippen LogP contribution in [0.2, 0.25) is 0 Å². The molecule has 14 heavy (non-hydrogen) atoms. The number of para-hydroxylation sites is 1. The minimum Gasteiger partial charge on any atom is -0.465 e. The van der Waals surface area contributed by atoms with Crippen LogP contribution in [0.15, 0.2) is 22.6 Å². The second kappa shape index (κ2) is 3.56. The molecule has 0 spiro atoms. The normalized spacial score (nSPS) is 10.4. The number of carbonyl (C=O) groups is 1. The number of fused-ring (bicyclic) bond motifs is 1. The van der Waals surface area contributed by atoms with Crippen molar-refractivity contribution >= 4 is 39.7 Å². The van der Waals surface area contributed by atoms with Crippen molar-refractivity contribution in [1.82, 2.24) is 4.98 Å². The Morgan fingerprint density at radius 1 is 1.57 bits per heavy atom. The van der Waals surface area contributed by atoms with Crippen molar-refractivity contribution < 1.29 is 13.9 Å². The number of oxazole rings is 1. The number of nitrogens with zero attached hydrogens (tertiary/aromatic N) is 1. The van der Waals surface area contributed by atoms with Crippen LogP contribution in [0.5, 0.6) is 0 Å². The topological polar surface area (TPSA) is 52.3 Å². The number of esters is 1. The van der Waals surface area contributed by atoms with E-state index in [-0.39, 0.29) is 0 Å². The zero-order valence-corrected chi connectivity index (χ0v) is 9.44. The highest BCUT2D eigenvalue weighted by Gasteiger charge is 2.14. The largest absolute Gasteiger partial charge is 0.465 e. The van der Waals surface area contributed by atoms with E-state index < -0.39 is 5.97 Å². The number of carbonyl (C=O) groups excluding carboxylic acids is 1. The highest BCUT2D eigenvalue weighted by Crippen LogP contribution is 2.20. The van der Waals surface area contributed by atoms with Gasteiger partial charge in [0, 0.05) is 22.6 Å². The van der Waals surface area contributed by atoms with Gasteiger partial charge in [-0.15, -0.1) is 0 Å². The molecule has 1 aromatic heterocycles. The molecule has 72 valence electrons. The molecule has 5 heteroatoms. The molecule has 2 rings (SSSR count). The lowest BCUT2D eigenvalue weighted by atomic mass is 10.2. The zero-order valence-electron chi connectivity index (χ0n) is 7.28. The van der Waals surface area contributed by atoms with E-state index in [1.807, 2.05) is 22.6 Å². The number of benzene rings is 1. The van der Waals surface area contributed by atoms with Crippen molar-refractivity contribution in [2.45, 2.75) is 0 Å². The first kappa shape index (κ1) is 9.45. The molecule has 0 aliphatic heterocycles. The molecule has 0 N–H and O–H groups in total. The first-order chi connectivity index (χ1) is 6.72. The van der Waals surface area contributed by atoms with E-state index in [1.165, 1.54) is 7.11 Å². The molecule has 1 heterocycles. The van der Waals surface area contributed by atoms with Crippen LogP contribution < -0.4 is 0 Å². The summed E-state index contributed by atoms with van der Waals surface area (Å²) >= 11 is 1.96. The summed E-state index contributed by atoms with van der Waals surface area (Å²) in [5.41, 5.74) is 1.57. The summed E-state index contributed by atoms with van der Waals surface area (Å²) in [5, 5.41) is 0. The Morgan fingerprint density at radius 3 is 3.07 bits per heavy atom. The fourth-order valence-electron chi connectivity index (χ4n) is 1.20. The lowest BCUT2D eigenvalue weighted by Gasteiger charge is -1.97. The lowest BCUT2D eigenvalue weighted by molar-refractivity contribution is 0.0603. The van der Waals surface area contributed by atoms with Crippen molar-refractivity contribution in [1.29, 1.82) is 0 Å². The maximum absolute atomic E-state index is 11.3. The molecular formula is C9H6INO3. The molecule has 0 aliphatic carbocycles. The van der Waals surface area contributed by atoms with Gasteiger partial charge in [-0.25, -0.2) is 9.78 Å². The van der Waals surface area contributed by atoms with E-state index in [2.05, 4.69) is 9.72 Å². The average molecular weight is 303 g/mol. The molecule has 0 saturated carbocycles. The van der Waals surface area contributed by atoms with Crippen LogP contribution in [0.4, 0.5) is 0 Å². The van der Waals surface area contributed by atoms with Crippen LogP contribution in [-0.2, 0) is 4.74 Å². The third-order valence-electron chi connectivity index (χ3n) is 1.80. The minimum atomic E-state index is -0.402. The Balaban J connectivity index is 2.70. The fraction of sp³-hybridized carbons (Fsp3) is 0.111. The lowest BCUT2D eigenvalue weighted by Crippen LogP contribution is -2.01. The second-order valence-corrected chi connectivity index (χ2v) is 3.53. The van der Waals surface area contributed by atoms with Crippen LogP contribution in [0.3, 0.4) is 0 Å². The first-order valence-electron chi connectivity index (χ1n) is 3.85. The summed E-state index contributed by atoms with van der Waals surface area (Å²) in [6.45, 7) is 0. The summed E-state index contributed by atoms with van der Waals surface area (Å²) in [7, 11) is 1.34. The third-order valence-corrected chi connectivity index (χ3v) is 2.26. The van der Waals surface area contributed by atoms with Gasteiger partial charge >= 0.3 is 5.97 Å². The van der Waals surface area contributed by atoms with Gasteiger partial charge in [0.25, 0.3) is 3.90 Å². The Hall–Kier alpha value is -1.11. The van der Waals surface area contributed by atoms with Crippen molar-refractivity contribution in [2.24, 2.45) is 0 Å². The summed E-state index contributed by atoms with van der Waals surface area (Å²) < 4.78 is 10.4. The van der Waals surface area contributed by atoms with Gasteiger partial charge in [-0.2, -0.15) is 0 Å².